The molecule has 0 bridgehead atoms. The van der Waals surface area contributed by atoms with E-state index in [0.717, 1.165) is 0 Å². The number of carbonyl (C=O) groups excluding carboxylic acids is 1. The summed E-state index contributed by atoms with van der Waals surface area (Å²) in [6.45, 7) is 1.18. The molecular weight excluding hydrogens is 222 g/mol. The van der Waals surface area contributed by atoms with Gasteiger partial charge in [-0.05, 0) is 12.1 Å². The Hall–Kier alpha value is -1.75. The second-order valence-corrected chi connectivity index (χ2v) is 3.78. The molecule has 0 unspecified atom stereocenters. The Morgan fingerprint density at radius 3 is 2.94 bits per heavy atom. The quantitative estimate of drug-likeness (QED) is 0.832. The van der Waals surface area contributed by atoms with Crippen LogP contribution in [-0.4, -0.2) is 49.3 Å². The number of aliphatic hydroxyl groups is 1. The predicted molar refractivity (Wildman–Crippen MR) is 61.5 cm³/mol. The predicted octanol–water partition coefficient (Wildman–Crippen LogP) is 0.522. The lowest BCUT2D eigenvalue weighted by molar-refractivity contribution is 0.0756. The summed E-state index contributed by atoms with van der Waals surface area (Å²) in [5.41, 5.74) is 0.471. The Bertz CT molecular complexity index is 419. The summed E-state index contributed by atoms with van der Waals surface area (Å²) >= 11 is 0. The third-order valence-electron chi connectivity index (χ3n) is 2.58. The number of ether oxygens (including phenoxy) is 2. The summed E-state index contributed by atoms with van der Waals surface area (Å²) in [5, 5.41) is 8.82. The molecule has 0 saturated carbocycles. The van der Waals surface area contributed by atoms with Crippen molar-refractivity contribution in [3.63, 3.8) is 0 Å². The van der Waals surface area contributed by atoms with E-state index in [1.54, 1.807) is 25.2 Å². The van der Waals surface area contributed by atoms with Gasteiger partial charge in [-0.1, -0.05) is 6.07 Å². The summed E-state index contributed by atoms with van der Waals surface area (Å²) in [7, 11) is 1.64. The van der Waals surface area contributed by atoms with Gasteiger partial charge in [-0.3, -0.25) is 4.79 Å². The van der Waals surface area contributed by atoms with Gasteiger partial charge in [-0.15, -0.1) is 0 Å². The Balaban J connectivity index is 2.29. The highest BCUT2D eigenvalue weighted by Gasteiger charge is 2.22. The lowest BCUT2D eigenvalue weighted by Gasteiger charge is -2.22. The van der Waals surface area contributed by atoms with Gasteiger partial charge in [-0.2, -0.15) is 0 Å². The second-order valence-electron chi connectivity index (χ2n) is 3.78. The van der Waals surface area contributed by atoms with Crippen LogP contribution in [0.5, 0.6) is 11.5 Å². The maximum absolute atomic E-state index is 12.1. The molecule has 0 fully saturated rings. The highest BCUT2D eigenvalue weighted by Crippen LogP contribution is 2.34. The van der Waals surface area contributed by atoms with Gasteiger partial charge in [0.1, 0.15) is 13.2 Å². The average Bonchev–Trinajstić information content (AvgIpc) is 2.37. The molecule has 0 spiro atoms. The smallest absolute Gasteiger partial charge is 0.257 e. The molecule has 1 aromatic rings. The normalized spacial score (nSPS) is 13.3. The van der Waals surface area contributed by atoms with E-state index in [0.29, 0.717) is 36.8 Å². The van der Waals surface area contributed by atoms with Gasteiger partial charge in [0.2, 0.25) is 0 Å². The summed E-state index contributed by atoms with van der Waals surface area (Å²) < 4.78 is 10.9. The fourth-order valence-electron chi connectivity index (χ4n) is 1.70. The molecule has 5 nitrogen and oxygen atoms in total. The third kappa shape index (κ3) is 2.34. The number of rotatable bonds is 3. The first-order valence-electron chi connectivity index (χ1n) is 5.49. The Morgan fingerprint density at radius 1 is 1.41 bits per heavy atom. The minimum absolute atomic E-state index is 0.0609. The van der Waals surface area contributed by atoms with Crippen molar-refractivity contribution in [1.82, 2.24) is 4.90 Å². The van der Waals surface area contributed by atoms with Crippen LogP contribution < -0.4 is 9.47 Å². The molecule has 2 rings (SSSR count). The van der Waals surface area contributed by atoms with E-state index in [-0.39, 0.29) is 12.5 Å². The van der Waals surface area contributed by atoms with Crippen LogP contribution in [0.2, 0.25) is 0 Å². The van der Waals surface area contributed by atoms with Crippen molar-refractivity contribution >= 4 is 5.91 Å². The molecule has 1 aromatic carbocycles. The molecule has 1 heterocycles. The number of hydrogen-bond donors (Lipinski definition) is 1. The first kappa shape index (κ1) is 11.7. The zero-order chi connectivity index (χ0) is 12.3. The Labute approximate surface area is 99.6 Å². The summed E-state index contributed by atoms with van der Waals surface area (Å²) in [4.78, 5) is 13.5. The number of hydrogen-bond acceptors (Lipinski definition) is 4. The minimum Gasteiger partial charge on any atom is -0.486 e. The van der Waals surface area contributed by atoms with Crippen molar-refractivity contribution in [3.05, 3.63) is 23.8 Å². The maximum atomic E-state index is 12.1. The molecule has 1 aliphatic rings. The van der Waals surface area contributed by atoms with Crippen LogP contribution >= 0.6 is 0 Å². The highest BCUT2D eigenvalue weighted by atomic mass is 16.6. The molecule has 0 radical (unpaired) electrons. The molecule has 17 heavy (non-hydrogen) atoms. The van der Waals surface area contributed by atoms with Crippen LogP contribution in [-0.2, 0) is 0 Å². The van der Waals surface area contributed by atoms with E-state index >= 15 is 0 Å². The number of aliphatic hydroxyl groups excluding tert-OH is 1. The van der Waals surface area contributed by atoms with Crippen LogP contribution in [0.3, 0.4) is 0 Å². The minimum atomic E-state index is -0.179. The molecule has 92 valence electrons. The van der Waals surface area contributed by atoms with Crippen molar-refractivity contribution in [1.29, 1.82) is 0 Å². The van der Waals surface area contributed by atoms with Crippen molar-refractivity contribution in [2.45, 2.75) is 0 Å². The van der Waals surface area contributed by atoms with E-state index in [2.05, 4.69) is 0 Å². The first-order valence-corrected chi connectivity index (χ1v) is 5.49. The summed E-state index contributed by atoms with van der Waals surface area (Å²) in [6.07, 6.45) is 0. The molecule has 1 aliphatic heterocycles. The summed E-state index contributed by atoms with van der Waals surface area (Å²) in [5.74, 6) is 0.912. The van der Waals surface area contributed by atoms with Gasteiger partial charge in [0.25, 0.3) is 5.91 Å². The van der Waals surface area contributed by atoms with Gasteiger partial charge in [0.15, 0.2) is 11.5 Å². The van der Waals surface area contributed by atoms with Crippen molar-refractivity contribution in [3.8, 4) is 11.5 Å². The number of para-hydroxylation sites is 1. The van der Waals surface area contributed by atoms with Gasteiger partial charge in [-0.25, -0.2) is 0 Å². The molecule has 5 heteroatoms. The Kier molecular flexibility index (Phi) is 3.49. The van der Waals surface area contributed by atoms with Crippen molar-refractivity contribution in [2.24, 2.45) is 0 Å². The van der Waals surface area contributed by atoms with Crippen molar-refractivity contribution < 1.29 is 19.4 Å². The van der Waals surface area contributed by atoms with Crippen LogP contribution in [0, 0.1) is 0 Å². The maximum Gasteiger partial charge on any atom is 0.257 e. The average molecular weight is 237 g/mol. The van der Waals surface area contributed by atoms with E-state index in [9.17, 15) is 4.79 Å². The lowest BCUT2D eigenvalue weighted by Crippen LogP contribution is -2.30. The zero-order valence-corrected chi connectivity index (χ0v) is 9.68. The number of benzene rings is 1. The van der Waals surface area contributed by atoms with Crippen LogP contribution in [0.1, 0.15) is 10.4 Å². The monoisotopic (exact) mass is 237 g/mol. The fraction of sp³-hybridized carbons (Fsp3) is 0.417. The fourth-order valence-corrected chi connectivity index (χ4v) is 1.70. The van der Waals surface area contributed by atoms with Gasteiger partial charge in [0, 0.05) is 13.6 Å². The number of likely N-dealkylation sites (N-methyl/N-ethyl adjacent to an activating group) is 1. The number of amides is 1. The number of nitrogens with zero attached hydrogens (tertiary/aromatic N) is 1. The topological polar surface area (TPSA) is 59.0 Å². The molecule has 0 atom stereocenters. The third-order valence-corrected chi connectivity index (χ3v) is 2.58. The summed E-state index contributed by atoms with van der Waals surface area (Å²) in [6, 6.07) is 5.23. The molecular formula is C12H15NO4. The van der Waals surface area contributed by atoms with E-state index in [1.165, 1.54) is 4.90 Å². The Morgan fingerprint density at radius 2 is 2.18 bits per heavy atom. The second kappa shape index (κ2) is 5.05. The molecule has 0 aliphatic carbocycles. The van der Waals surface area contributed by atoms with Crippen LogP contribution in [0.4, 0.5) is 0 Å². The molecule has 0 saturated heterocycles. The van der Waals surface area contributed by atoms with Crippen molar-refractivity contribution in [2.75, 3.05) is 33.4 Å². The first-order chi connectivity index (χ1) is 8.24. The zero-order valence-electron chi connectivity index (χ0n) is 9.68. The van der Waals surface area contributed by atoms with Crippen LogP contribution in [0.25, 0.3) is 0 Å². The largest absolute Gasteiger partial charge is 0.486 e. The van der Waals surface area contributed by atoms with Gasteiger partial charge >= 0.3 is 0 Å². The number of carbonyl (C=O) groups is 1. The van der Waals surface area contributed by atoms with Gasteiger partial charge < -0.3 is 19.5 Å². The van der Waals surface area contributed by atoms with E-state index in [1.807, 2.05) is 0 Å². The molecule has 0 aromatic heterocycles. The number of fused-ring (bicyclic) bond motifs is 1. The molecule has 1 amide bonds. The SMILES string of the molecule is CN(CCO)C(=O)c1cccc2c1OCCO2. The van der Waals surface area contributed by atoms with Gasteiger partial charge in [0.05, 0.1) is 12.2 Å². The highest BCUT2D eigenvalue weighted by molar-refractivity contribution is 5.97. The standard InChI is InChI=1S/C12H15NO4/c1-13(5-6-14)12(15)9-3-2-4-10-11(9)17-8-7-16-10/h2-4,14H,5-8H2,1H3. The molecule has 1 N–H and O–H groups in total. The van der Waals surface area contributed by atoms with E-state index < -0.39 is 0 Å². The van der Waals surface area contributed by atoms with Crippen LogP contribution in [0.15, 0.2) is 18.2 Å². The lowest BCUT2D eigenvalue weighted by atomic mass is 10.1. The van der Waals surface area contributed by atoms with E-state index in [4.69, 9.17) is 14.6 Å².